The second kappa shape index (κ2) is 6.16. The van der Waals surface area contributed by atoms with Crippen molar-refractivity contribution in [2.24, 2.45) is 0 Å². The molecule has 6 heteroatoms. The third kappa shape index (κ3) is 3.06. The Morgan fingerprint density at radius 3 is 2.74 bits per heavy atom. The van der Waals surface area contributed by atoms with Crippen LogP contribution < -0.4 is 0 Å². The monoisotopic (exact) mass is 310 g/mol. The van der Waals surface area contributed by atoms with Gasteiger partial charge < -0.3 is 4.74 Å². The van der Waals surface area contributed by atoms with Crippen LogP contribution in [0.3, 0.4) is 0 Å². The Balaban J connectivity index is 1.78. The fraction of sp³-hybridized carbons (Fsp3) is 0.294. The summed E-state index contributed by atoms with van der Waals surface area (Å²) in [5.74, 6) is 0.253. The zero-order valence-electron chi connectivity index (χ0n) is 13.4. The topological polar surface area (TPSA) is 69.4 Å². The first-order valence-electron chi connectivity index (χ1n) is 7.46. The molecule has 0 aliphatic heterocycles. The molecule has 118 valence electrons. The Morgan fingerprint density at radius 2 is 2.00 bits per heavy atom. The van der Waals surface area contributed by atoms with Gasteiger partial charge in [-0.05, 0) is 26.3 Å². The minimum atomic E-state index is -0.285. The lowest BCUT2D eigenvalue weighted by molar-refractivity contribution is -0.147. The van der Waals surface area contributed by atoms with Crippen LogP contribution in [0.15, 0.2) is 36.7 Å². The van der Waals surface area contributed by atoms with Crippen LogP contribution in [0.4, 0.5) is 0 Å². The molecule has 3 aromatic rings. The molecule has 23 heavy (non-hydrogen) atoms. The predicted molar refractivity (Wildman–Crippen MR) is 84.9 cm³/mol. The molecule has 2 aromatic heterocycles. The molecule has 0 amide bonds. The highest BCUT2D eigenvalue weighted by Crippen LogP contribution is 2.19. The number of ether oxygens (including phenoxy) is 1. The van der Waals surface area contributed by atoms with Gasteiger partial charge in [0.25, 0.3) is 5.78 Å². The fourth-order valence-electron chi connectivity index (χ4n) is 2.59. The van der Waals surface area contributed by atoms with E-state index in [1.165, 1.54) is 6.33 Å². The van der Waals surface area contributed by atoms with Gasteiger partial charge in [0.15, 0.2) is 0 Å². The van der Waals surface area contributed by atoms with Crippen LogP contribution >= 0.6 is 0 Å². The summed E-state index contributed by atoms with van der Waals surface area (Å²) in [6.07, 6.45) is 1.33. The summed E-state index contributed by atoms with van der Waals surface area (Å²) in [5.41, 5.74) is 3.43. The van der Waals surface area contributed by atoms with Gasteiger partial charge in [0.1, 0.15) is 12.4 Å². The zero-order chi connectivity index (χ0) is 16.4. The summed E-state index contributed by atoms with van der Waals surface area (Å²) in [6.45, 7) is 5.64. The molecular weight excluding hydrogens is 292 g/mol. The number of carbonyl (C=O) groups excluding carboxylic acids is 1. The number of hydrogen-bond donors (Lipinski definition) is 0. The minimum absolute atomic E-state index is 0.164. The van der Waals surface area contributed by atoms with E-state index in [-0.39, 0.29) is 18.5 Å². The second-order valence-electron chi connectivity index (χ2n) is 5.45. The summed E-state index contributed by atoms with van der Waals surface area (Å²) in [4.78, 5) is 20.7. The SMILES string of the molecule is Cc1nc2ncnn2c(C)c1CC(=O)O[C@H](C)c1ccccc1. The first-order valence-corrected chi connectivity index (χ1v) is 7.46. The van der Waals surface area contributed by atoms with Crippen LogP contribution in [0.25, 0.3) is 5.78 Å². The van der Waals surface area contributed by atoms with Crippen LogP contribution in [-0.2, 0) is 16.0 Å². The lowest BCUT2D eigenvalue weighted by Crippen LogP contribution is -2.15. The maximum Gasteiger partial charge on any atom is 0.310 e. The highest BCUT2D eigenvalue weighted by Gasteiger charge is 2.17. The highest BCUT2D eigenvalue weighted by molar-refractivity contribution is 5.73. The fourth-order valence-corrected chi connectivity index (χ4v) is 2.59. The molecule has 1 atom stereocenters. The van der Waals surface area contributed by atoms with Crippen molar-refractivity contribution < 1.29 is 9.53 Å². The number of carbonyl (C=O) groups is 1. The van der Waals surface area contributed by atoms with Crippen LogP contribution in [0.5, 0.6) is 0 Å². The van der Waals surface area contributed by atoms with E-state index < -0.39 is 0 Å². The number of aromatic nitrogens is 4. The van der Waals surface area contributed by atoms with E-state index in [0.717, 1.165) is 22.5 Å². The van der Waals surface area contributed by atoms with E-state index in [2.05, 4.69) is 15.1 Å². The predicted octanol–water partition coefficient (Wildman–Crippen LogP) is 2.59. The molecule has 0 radical (unpaired) electrons. The Bertz CT molecular complexity index is 842. The van der Waals surface area contributed by atoms with E-state index in [1.807, 2.05) is 51.1 Å². The summed E-state index contributed by atoms with van der Waals surface area (Å²) in [5, 5.41) is 4.13. The molecule has 0 aliphatic rings. The lowest BCUT2D eigenvalue weighted by Gasteiger charge is -2.15. The van der Waals surface area contributed by atoms with Gasteiger partial charge in [-0.3, -0.25) is 4.79 Å². The third-order valence-electron chi connectivity index (χ3n) is 3.89. The molecule has 0 unspecified atom stereocenters. The third-order valence-corrected chi connectivity index (χ3v) is 3.89. The van der Waals surface area contributed by atoms with Crippen molar-refractivity contribution in [3.63, 3.8) is 0 Å². The Kier molecular flexibility index (Phi) is 4.06. The Morgan fingerprint density at radius 1 is 1.26 bits per heavy atom. The first-order chi connectivity index (χ1) is 11.1. The minimum Gasteiger partial charge on any atom is -0.458 e. The molecule has 0 saturated heterocycles. The van der Waals surface area contributed by atoms with Crippen LogP contribution in [-0.4, -0.2) is 25.6 Å². The second-order valence-corrected chi connectivity index (χ2v) is 5.45. The molecule has 2 heterocycles. The molecular formula is C17H18N4O2. The van der Waals surface area contributed by atoms with E-state index in [4.69, 9.17) is 4.74 Å². The molecule has 0 fully saturated rings. The summed E-state index contributed by atoms with van der Waals surface area (Å²) in [6, 6.07) is 9.67. The zero-order valence-corrected chi connectivity index (χ0v) is 13.4. The average Bonchev–Trinajstić information content (AvgIpc) is 3.00. The maximum absolute atomic E-state index is 12.3. The average molecular weight is 310 g/mol. The van der Waals surface area contributed by atoms with Gasteiger partial charge in [-0.2, -0.15) is 10.1 Å². The van der Waals surface area contributed by atoms with Crippen LogP contribution in [0.2, 0.25) is 0 Å². The van der Waals surface area contributed by atoms with Crippen molar-refractivity contribution in [2.75, 3.05) is 0 Å². The molecule has 3 rings (SSSR count). The van der Waals surface area contributed by atoms with Gasteiger partial charge in [0.2, 0.25) is 0 Å². The van der Waals surface area contributed by atoms with E-state index in [9.17, 15) is 4.79 Å². The number of benzene rings is 1. The van der Waals surface area contributed by atoms with Gasteiger partial charge in [-0.15, -0.1) is 0 Å². The molecule has 0 N–H and O–H groups in total. The number of fused-ring (bicyclic) bond motifs is 1. The van der Waals surface area contributed by atoms with Crippen LogP contribution in [0.1, 0.15) is 35.5 Å². The largest absolute Gasteiger partial charge is 0.458 e. The smallest absolute Gasteiger partial charge is 0.310 e. The van der Waals surface area contributed by atoms with Crippen molar-refractivity contribution in [2.45, 2.75) is 33.3 Å². The molecule has 6 nitrogen and oxygen atoms in total. The Labute approximate surface area is 134 Å². The molecule has 1 aromatic carbocycles. The maximum atomic E-state index is 12.3. The van der Waals surface area contributed by atoms with Gasteiger partial charge in [0, 0.05) is 17.0 Å². The van der Waals surface area contributed by atoms with Gasteiger partial charge in [-0.25, -0.2) is 9.50 Å². The number of nitrogens with zero attached hydrogens (tertiary/aromatic N) is 4. The van der Waals surface area contributed by atoms with Crippen molar-refractivity contribution in [3.05, 3.63) is 59.2 Å². The molecule has 0 spiro atoms. The van der Waals surface area contributed by atoms with Crippen LogP contribution in [0, 0.1) is 13.8 Å². The quantitative estimate of drug-likeness (QED) is 0.693. The van der Waals surface area contributed by atoms with Gasteiger partial charge >= 0.3 is 5.97 Å². The van der Waals surface area contributed by atoms with E-state index in [1.54, 1.807) is 4.52 Å². The summed E-state index contributed by atoms with van der Waals surface area (Å²) < 4.78 is 7.17. The van der Waals surface area contributed by atoms with Gasteiger partial charge in [0.05, 0.1) is 6.42 Å². The first kappa shape index (κ1) is 15.1. The van der Waals surface area contributed by atoms with E-state index >= 15 is 0 Å². The number of esters is 1. The normalized spacial score (nSPS) is 12.3. The lowest BCUT2D eigenvalue weighted by atomic mass is 10.1. The standard InChI is InChI=1S/C17H18N4O2/c1-11-15(12(2)21-17(20-11)18-10-19-21)9-16(22)23-13(3)14-7-5-4-6-8-14/h4-8,10,13H,9H2,1-3H3/t13-/m1/s1. The molecule has 0 bridgehead atoms. The summed E-state index contributed by atoms with van der Waals surface area (Å²) >= 11 is 0. The number of aryl methyl sites for hydroxylation is 2. The highest BCUT2D eigenvalue weighted by atomic mass is 16.5. The van der Waals surface area contributed by atoms with Gasteiger partial charge in [-0.1, -0.05) is 30.3 Å². The molecule has 0 aliphatic carbocycles. The van der Waals surface area contributed by atoms with Crippen molar-refractivity contribution in [3.8, 4) is 0 Å². The molecule has 0 saturated carbocycles. The van der Waals surface area contributed by atoms with Crippen molar-refractivity contribution >= 4 is 11.7 Å². The number of hydrogen-bond acceptors (Lipinski definition) is 5. The van der Waals surface area contributed by atoms with E-state index in [0.29, 0.717) is 5.78 Å². The summed E-state index contributed by atoms with van der Waals surface area (Å²) in [7, 11) is 0. The van der Waals surface area contributed by atoms with Crippen molar-refractivity contribution in [1.82, 2.24) is 19.6 Å². The van der Waals surface area contributed by atoms with Crippen molar-refractivity contribution in [1.29, 1.82) is 0 Å². The number of rotatable bonds is 4. The Hall–Kier alpha value is -2.76.